The molecule has 0 unspecified atom stereocenters. The molecule has 3 aromatic carbocycles. The lowest BCUT2D eigenvalue weighted by atomic mass is 9.96. The first-order valence-electron chi connectivity index (χ1n) is 13.3. The highest BCUT2D eigenvalue weighted by Gasteiger charge is 2.25. The van der Waals surface area contributed by atoms with Crippen LogP contribution in [0.5, 0.6) is 5.75 Å². The molecule has 1 aliphatic heterocycles. The number of amides is 1. The van der Waals surface area contributed by atoms with Gasteiger partial charge in [0.1, 0.15) is 10.8 Å². The van der Waals surface area contributed by atoms with Crippen LogP contribution in [0.3, 0.4) is 0 Å². The summed E-state index contributed by atoms with van der Waals surface area (Å²) in [6.07, 6.45) is 3.49. The standard InChI is InChI=1S/C32H32N2O4S/c1-21-8-3-14-29(22(21)2)38-17-7-15-30(35)34-16-6-12-26-27(11-5-13-28(26)34)31-33-25(20-39-31)19-23-9-4-10-24(18-23)32(36)37/h3-5,8-11,13-14,18,20H,6-7,12,15-17,19H2,1-2H3,(H,36,37). The number of carboxylic acid groups (broad SMARTS) is 1. The number of aromatic nitrogens is 1. The van der Waals surface area contributed by atoms with Gasteiger partial charge in [-0.2, -0.15) is 0 Å². The fourth-order valence-electron chi connectivity index (χ4n) is 5.04. The molecule has 0 saturated heterocycles. The molecule has 1 amide bonds. The maximum atomic E-state index is 13.2. The molecule has 0 saturated carbocycles. The number of ether oxygens (including phenoxy) is 1. The zero-order valence-electron chi connectivity index (χ0n) is 22.3. The number of hydrogen-bond acceptors (Lipinski definition) is 5. The van der Waals surface area contributed by atoms with Crippen molar-refractivity contribution < 1.29 is 19.4 Å². The molecular weight excluding hydrogens is 508 g/mol. The lowest BCUT2D eigenvalue weighted by molar-refractivity contribution is -0.118. The highest BCUT2D eigenvalue weighted by molar-refractivity contribution is 7.13. The normalized spacial score (nSPS) is 12.7. The van der Waals surface area contributed by atoms with Crippen LogP contribution in [0.25, 0.3) is 10.6 Å². The van der Waals surface area contributed by atoms with Crippen molar-refractivity contribution in [3.63, 3.8) is 0 Å². The number of anilines is 1. The molecule has 6 nitrogen and oxygen atoms in total. The zero-order chi connectivity index (χ0) is 27.4. The van der Waals surface area contributed by atoms with E-state index in [1.165, 1.54) is 5.56 Å². The minimum Gasteiger partial charge on any atom is -0.493 e. The van der Waals surface area contributed by atoms with Crippen LogP contribution in [0.4, 0.5) is 5.69 Å². The number of rotatable bonds is 9. The summed E-state index contributed by atoms with van der Waals surface area (Å²) in [5.41, 5.74) is 7.65. The summed E-state index contributed by atoms with van der Waals surface area (Å²) < 4.78 is 5.96. The van der Waals surface area contributed by atoms with Gasteiger partial charge in [-0.25, -0.2) is 9.78 Å². The van der Waals surface area contributed by atoms with Crippen molar-refractivity contribution in [1.29, 1.82) is 0 Å². The average Bonchev–Trinajstić information content (AvgIpc) is 3.40. The first kappa shape index (κ1) is 26.6. The third kappa shape index (κ3) is 6.04. The predicted molar refractivity (Wildman–Crippen MR) is 155 cm³/mol. The van der Waals surface area contributed by atoms with E-state index in [9.17, 15) is 14.7 Å². The van der Waals surface area contributed by atoms with Gasteiger partial charge in [0, 0.05) is 36.0 Å². The molecule has 0 fully saturated rings. The molecule has 2 heterocycles. The Bertz CT molecular complexity index is 1510. The number of carboxylic acids is 1. The number of hydrogen-bond donors (Lipinski definition) is 1. The number of benzene rings is 3. The highest BCUT2D eigenvalue weighted by Crippen LogP contribution is 2.37. The predicted octanol–water partition coefficient (Wildman–Crippen LogP) is 6.85. The fourth-order valence-corrected chi connectivity index (χ4v) is 5.91. The SMILES string of the molecule is Cc1cccc(OCCCC(=O)N2CCCc3c(-c4nc(Cc5cccc(C(=O)O)c5)cs4)cccc32)c1C. The van der Waals surface area contributed by atoms with Crippen LogP contribution in [0.1, 0.15) is 57.6 Å². The first-order valence-corrected chi connectivity index (χ1v) is 14.2. The minimum atomic E-state index is -0.931. The van der Waals surface area contributed by atoms with Gasteiger partial charge in [0.25, 0.3) is 0 Å². The summed E-state index contributed by atoms with van der Waals surface area (Å²) in [7, 11) is 0. The van der Waals surface area contributed by atoms with E-state index in [0.717, 1.165) is 63.8 Å². The van der Waals surface area contributed by atoms with E-state index in [1.54, 1.807) is 29.5 Å². The van der Waals surface area contributed by atoms with Crippen LogP contribution < -0.4 is 9.64 Å². The zero-order valence-corrected chi connectivity index (χ0v) is 23.1. The second-order valence-corrected chi connectivity index (χ2v) is 10.8. The summed E-state index contributed by atoms with van der Waals surface area (Å²) >= 11 is 1.58. The van der Waals surface area contributed by atoms with E-state index in [1.807, 2.05) is 40.6 Å². The maximum Gasteiger partial charge on any atom is 0.335 e. The van der Waals surface area contributed by atoms with Crippen molar-refractivity contribution in [2.75, 3.05) is 18.1 Å². The lowest BCUT2D eigenvalue weighted by Gasteiger charge is -2.30. The molecule has 200 valence electrons. The Labute approximate surface area is 232 Å². The van der Waals surface area contributed by atoms with Crippen molar-refractivity contribution in [3.8, 4) is 16.3 Å². The highest BCUT2D eigenvalue weighted by atomic mass is 32.1. The van der Waals surface area contributed by atoms with Crippen LogP contribution >= 0.6 is 11.3 Å². The smallest absolute Gasteiger partial charge is 0.335 e. The molecule has 0 spiro atoms. The number of carbonyl (C=O) groups is 2. The fraction of sp³-hybridized carbons (Fsp3) is 0.281. The van der Waals surface area contributed by atoms with Gasteiger partial charge < -0.3 is 14.7 Å². The van der Waals surface area contributed by atoms with Gasteiger partial charge in [0.2, 0.25) is 5.91 Å². The van der Waals surface area contributed by atoms with Crippen LogP contribution in [-0.4, -0.2) is 35.1 Å². The molecule has 5 rings (SSSR count). The molecule has 1 aliphatic rings. The van der Waals surface area contributed by atoms with E-state index < -0.39 is 5.97 Å². The second-order valence-electron chi connectivity index (χ2n) is 9.93. The summed E-state index contributed by atoms with van der Waals surface area (Å²) in [5, 5.41) is 12.2. The van der Waals surface area contributed by atoms with E-state index in [0.29, 0.717) is 25.9 Å². The van der Waals surface area contributed by atoms with Gasteiger partial charge in [-0.15, -0.1) is 11.3 Å². The number of aromatic carboxylic acids is 1. The summed E-state index contributed by atoms with van der Waals surface area (Å²) in [6, 6.07) is 19.1. The summed E-state index contributed by atoms with van der Waals surface area (Å²) in [6.45, 7) is 5.35. The Balaban J connectivity index is 1.26. The summed E-state index contributed by atoms with van der Waals surface area (Å²) in [5.74, 6) is 0.0725. The molecule has 39 heavy (non-hydrogen) atoms. The van der Waals surface area contributed by atoms with E-state index in [4.69, 9.17) is 9.72 Å². The lowest BCUT2D eigenvalue weighted by Crippen LogP contribution is -2.35. The Hall–Kier alpha value is -3.97. The van der Waals surface area contributed by atoms with Gasteiger partial charge in [0.05, 0.1) is 17.9 Å². The number of nitrogens with zero attached hydrogens (tertiary/aromatic N) is 2. The van der Waals surface area contributed by atoms with Crippen LogP contribution in [-0.2, 0) is 17.6 Å². The molecule has 0 bridgehead atoms. The third-order valence-electron chi connectivity index (χ3n) is 7.24. The van der Waals surface area contributed by atoms with Crippen LogP contribution in [0.2, 0.25) is 0 Å². The Kier molecular flexibility index (Phi) is 8.07. The van der Waals surface area contributed by atoms with Crippen molar-refractivity contribution in [2.24, 2.45) is 0 Å². The number of carbonyl (C=O) groups excluding carboxylic acids is 1. The van der Waals surface area contributed by atoms with Crippen molar-refractivity contribution >= 4 is 28.9 Å². The third-order valence-corrected chi connectivity index (χ3v) is 8.16. The van der Waals surface area contributed by atoms with Crippen LogP contribution in [0, 0.1) is 13.8 Å². The van der Waals surface area contributed by atoms with E-state index in [-0.39, 0.29) is 11.5 Å². The maximum absolute atomic E-state index is 13.2. The van der Waals surface area contributed by atoms with Gasteiger partial charge >= 0.3 is 5.97 Å². The van der Waals surface area contributed by atoms with E-state index >= 15 is 0 Å². The average molecular weight is 541 g/mol. The Morgan fingerprint density at radius 3 is 2.74 bits per heavy atom. The molecule has 1 N–H and O–H groups in total. The topological polar surface area (TPSA) is 79.7 Å². The molecule has 0 aliphatic carbocycles. The van der Waals surface area contributed by atoms with Gasteiger partial charge in [-0.3, -0.25) is 4.79 Å². The molecule has 0 atom stereocenters. The number of aryl methyl sites for hydroxylation is 1. The monoisotopic (exact) mass is 540 g/mol. The van der Waals surface area contributed by atoms with Gasteiger partial charge in [0.15, 0.2) is 0 Å². The quantitative estimate of drug-likeness (QED) is 0.235. The molecule has 0 radical (unpaired) electrons. The molecule has 1 aromatic heterocycles. The van der Waals surface area contributed by atoms with Crippen molar-refractivity contribution in [1.82, 2.24) is 4.98 Å². The first-order chi connectivity index (χ1) is 18.9. The Morgan fingerprint density at radius 1 is 1.08 bits per heavy atom. The Morgan fingerprint density at radius 2 is 1.90 bits per heavy atom. The van der Waals surface area contributed by atoms with E-state index in [2.05, 4.69) is 26.0 Å². The molecule has 7 heteroatoms. The number of thiazole rings is 1. The largest absolute Gasteiger partial charge is 0.493 e. The van der Waals surface area contributed by atoms with Crippen molar-refractivity contribution in [3.05, 3.63) is 99.6 Å². The summed E-state index contributed by atoms with van der Waals surface area (Å²) in [4.78, 5) is 31.4. The molecular formula is C32H32N2O4S. The second kappa shape index (κ2) is 11.8. The number of fused-ring (bicyclic) bond motifs is 1. The minimum absolute atomic E-state index is 0.121. The van der Waals surface area contributed by atoms with Crippen molar-refractivity contribution in [2.45, 2.75) is 46.0 Å². The van der Waals surface area contributed by atoms with Gasteiger partial charge in [-0.05, 0) is 79.6 Å². The molecule has 4 aromatic rings. The van der Waals surface area contributed by atoms with Gasteiger partial charge in [-0.1, -0.05) is 36.4 Å². The van der Waals surface area contributed by atoms with Crippen LogP contribution in [0.15, 0.2) is 66.0 Å².